The van der Waals surface area contributed by atoms with Crippen molar-refractivity contribution < 1.29 is 24.9 Å². The fourth-order valence-electron chi connectivity index (χ4n) is 1.99. The Morgan fingerprint density at radius 1 is 1.24 bits per heavy atom. The summed E-state index contributed by atoms with van der Waals surface area (Å²) in [4.78, 5) is 23.5. The quantitative estimate of drug-likeness (QED) is 0.549. The third-order valence-corrected chi connectivity index (χ3v) is 3.23. The molecule has 0 saturated heterocycles. The summed E-state index contributed by atoms with van der Waals surface area (Å²) in [5.74, 6) is -2.12. The zero-order chi connectivity index (χ0) is 19.1. The number of unbranched alkanes of at least 4 members (excludes halogenated alkanes) is 1. The number of benzene rings is 1. The molecule has 1 rings (SSSR count). The molecule has 1 atom stereocenters. The van der Waals surface area contributed by atoms with E-state index < -0.39 is 47.2 Å². The molecule has 0 aliphatic heterocycles. The minimum Gasteiger partial charge on any atom is -0.478 e. The van der Waals surface area contributed by atoms with Crippen LogP contribution in [0.5, 0.6) is 0 Å². The summed E-state index contributed by atoms with van der Waals surface area (Å²) in [6.07, 6.45) is 4.85. The van der Waals surface area contributed by atoms with E-state index in [2.05, 4.69) is 13.8 Å². The third-order valence-electron chi connectivity index (χ3n) is 3.23. The monoisotopic (exact) mass is 296 g/mol. The van der Waals surface area contributed by atoms with Crippen molar-refractivity contribution in [3.63, 3.8) is 0 Å². The molecule has 0 saturated carbocycles. The molecule has 0 spiro atoms. The molecular weight excluding hydrogens is 268 g/mol. The number of hydrogen-bond donors (Lipinski definition) is 1. The number of carbonyl (C=O) groups is 2. The van der Waals surface area contributed by atoms with Gasteiger partial charge in [0.2, 0.25) is 0 Å². The number of carboxylic acids is 1. The first kappa shape index (κ1) is 11.8. The van der Waals surface area contributed by atoms with E-state index in [4.69, 9.17) is 10.2 Å². The zero-order valence-electron chi connectivity index (χ0n) is 16.5. The van der Waals surface area contributed by atoms with Crippen LogP contribution in [0, 0.1) is 5.92 Å². The topological polar surface area (TPSA) is 63.6 Å². The molecule has 0 aliphatic rings. The summed E-state index contributed by atoms with van der Waals surface area (Å²) < 4.78 is 35.6. The number of rotatable bonds is 9. The maximum absolute atomic E-state index is 12.2. The lowest BCUT2D eigenvalue weighted by Crippen LogP contribution is -2.12. The van der Waals surface area contributed by atoms with E-state index in [1.807, 2.05) is 0 Å². The van der Waals surface area contributed by atoms with E-state index in [0.29, 0.717) is 12.3 Å². The van der Waals surface area contributed by atoms with Gasteiger partial charge in [0, 0.05) is 0 Å². The predicted octanol–water partition coefficient (Wildman–Crippen LogP) is 4.15. The molecule has 4 heteroatoms. The van der Waals surface area contributed by atoms with Crippen molar-refractivity contribution in [1.82, 2.24) is 0 Å². The average molecular weight is 296 g/mol. The maximum Gasteiger partial charge on any atom is 0.339 e. The standard InChI is InChI=1S/C17H24O4/c1-3-4-8-13(2)9-7-12-21-17(20)15-11-6-5-10-14(15)16(18)19/h5-6,10-11,13H,3-4,7-9,12H2,1-2H3,(H,18,19)/i5D,6D,10D,11D. The number of carbonyl (C=O) groups excluding carboxylic acids is 1. The van der Waals surface area contributed by atoms with Crippen LogP contribution in [0.25, 0.3) is 0 Å². The van der Waals surface area contributed by atoms with Gasteiger partial charge in [-0.05, 0) is 30.8 Å². The Morgan fingerprint density at radius 3 is 2.48 bits per heavy atom. The highest BCUT2D eigenvalue weighted by Gasteiger charge is 2.16. The van der Waals surface area contributed by atoms with Crippen LogP contribution in [0.1, 0.15) is 72.2 Å². The van der Waals surface area contributed by atoms with E-state index in [-0.39, 0.29) is 6.61 Å². The molecular formula is C17H24O4. The van der Waals surface area contributed by atoms with Gasteiger partial charge >= 0.3 is 11.9 Å². The summed E-state index contributed by atoms with van der Waals surface area (Å²) in [6, 6.07) is -2.80. The Balaban J connectivity index is 2.84. The lowest BCUT2D eigenvalue weighted by Gasteiger charge is -2.11. The number of esters is 1. The highest BCUT2D eigenvalue weighted by Crippen LogP contribution is 2.15. The van der Waals surface area contributed by atoms with Crippen LogP contribution >= 0.6 is 0 Å². The molecule has 0 heterocycles. The first-order valence-electron chi connectivity index (χ1n) is 9.23. The highest BCUT2D eigenvalue weighted by atomic mass is 16.5. The second kappa shape index (κ2) is 9.16. The highest BCUT2D eigenvalue weighted by molar-refractivity contribution is 6.02. The summed E-state index contributed by atoms with van der Waals surface area (Å²) in [7, 11) is 0. The van der Waals surface area contributed by atoms with E-state index >= 15 is 0 Å². The normalized spacial score (nSPS) is 14.6. The van der Waals surface area contributed by atoms with Gasteiger partial charge in [0.05, 0.1) is 23.2 Å². The molecule has 0 aromatic heterocycles. The Bertz CT molecular complexity index is 646. The predicted molar refractivity (Wildman–Crippen MR) is 81.6 cm³/mol. The summed E-state index contributed by atoms with van der Waals surface area (Å²) >= 11 is 0. The first-order valence-corrected chi connectivity index (χ1v) is 7.23. The lowest BCUT2D eigenvalue weighted by molar-refractivity contribution is 0.0483. The molecule has 0 amide bonds. The molecule has 0 radical (unpaired) electrons. The minimum atomic E-state index is -1.59. The Kier molecular flexibility index (Phi) is 5.14. The number of aromatic carboxylic acids is 1. The second-order valence-electron chi connectivity index (χ2n) is 5.08. The van der Waals surface area contributed by atoms with Crippen LogP contribution in [0.2, 0.25) is 0 Å². The van der Waals surface area contributed by atoms with Crippen LogP contribution in [0.15, 0.2) is 24.2 Å². The number of ether oxygens (including phenoxy) is 1. The number of hydrogen-bond acceptors (Lipinski definition) is 3. The molecule has 1 unspecified atom stereocenters. The Morgan fingerprint density at radius 2 is 1.86 bits per heavy atom. The van der Waals surface area contributed by atoms with E-state index in [1.54, 1.807) is 0 Å². The van der Waals surface area contributed by atoms with Crippen molar-refractivity contribution in [2.24, 2.45) is 5.92 Å². The molecule has 0 fully saturated rings. The van der Waals surface area contributed by atoms with Crippen LogP contribution in [0.3, 0.4) is 0 Å². The molecule has 0 aliphatic carbocycles. The third kappa shape index (κ3) is 5.98. The Hall–Kier alpha value is -1.84. The van der Waals surface area contributed by atoms with Gasteiger partial charge in [-0.25, -0.2) is 9.59 Å². The van der Waals surface area contributed by atoms with Crippen LogP contribution < -0.4 is 0 Å². The van der Waals surface area contributed by atoms with Crippen molar-refractivity contribution in [3.8, 4) is 0 Å². The first-order chi connectivity index (χ1) is 11.7. The van der Waals surface area contributed by atoms with Gasteiger partial charge in [0.1, 0.15) is 0 Å². The average Bonchev–Trinajstić information content (AvgIpc) is 2.57. The maximum atomic E-state index is 12.2. The van der Waals surface area contributed by atoms with Crippen LogP contribution in [-0.4, -0.2) is 23.7 Å². The second-order valence-corrected chi connectivity index (χ2v) is 5.08. The molecule has 1 aromatic carbocycles. The van der Waals surface area contributed by atoms with E-state index in [9.17, 15) is 14.7 Å². The molecule has 4 nitrogen and oxygen atoms in total. The molecule has 116 valence electrons. The number of carboxylic acid groups (broad SMARTS) is 1. The van der Waals surface area contributed by atoms with Crippen molar-refractivity contribution >= 4 is 11.9 Å². The SMILES string of the molecule is [2H]c1c([2H])c([2H])c(C(=O)OCCCC(C)CCCC)c(C(=O)O)c1[2H]. The fraction of sp³-hybridized carbons (Fsp3) is 0.529. The molecule has 1 N–H and O–H groups in total. The van der Waals surface area contributed by atoms with E-state index in [1.165, 1.54) is 0 Å². The summed E-state index contributed by atoms with van der Waals surface area (Å²) in [5.41, 5.74) is -1.38. The van der Waals surface area contributed by atoms with Gasteiger partial charge in [-0.1, -0.05) is 45.2 Å². The van der Waals surface area contributed by atoms with Gasteiger partial charge < -0.3 is 9.84 Å². The smallest absolute Gasteiger partial charge is 0.339 e. The van der Waals surface area contributed by atoms with Crippen molar-refractivity contribution in [2.75, 3.05) is 6.61 Å². The van der Waals surface area contributed by atoms with Crippen molar-refractivity contribution in [3.05, 3.63) is 35.3 Å². The van der Waals surface area contributed by atoms with E-state index in [0.717, 1.165) is 25.7 Å². The molecule has 21 heavy (non-hydrogen) atoms. The fourth-order valence-corrected chi connectivity index (χ4v) is 1.99. The Labute approximate surface area is 131 Å². The van der Waals surface area contributed by atoms with Crippen LogP contribution in [-0.2, 0) is 4.74 Å². The lowest BCUT2D eigenvalue weighted by atomic mass is 9.99. The van der Waals surface area contributed by atoms with Crippen LogP contribution in [0.4, 0.5) is 0 Å². The molecule has 1 aromatic rings. The van der Waals surface area contributed by atoms with Gasteiger partial charge in [0.25, 0.3) is 0 Å². The molecule has 0 bridgehead atoms. The van der Waals surface area contributed by atoms with Crippen molar-refractivity contribution in [2.45, 2.75) is 46.0 Å². The van der Waals surface area contributed by atoms with Gasteiger partial charge in [-0.3, -0.25) is 0 Å². The van der Waals surface area contributed by atoms with Gasteiger partial charge in [-0.2, -0.15) is 0 Å². The largest absolute Gasteiger partial charge is 0.478 e. The minimum absolute atomic E-state index is 0.0804. The van der Waals surface area contributed by atoms with Gasteiger partial charge in [-0.15, -0.1) is 0 Å². The summed E-state index contributed by atoms with van der Waals surface area (Å²) in [6.45, 7) is 4.32. The zero-order valence-corrected chi connectivity index (χ0v) is 12.5. The van der Waals surface area contributed by atoms with Crippen molar-refractivity contribution in [1.29, 1.82) is 0 Å². The summed E-state index contributed by atoms with van der Waals surface area (Å²) in [5, 5.41) is 9.21. The van der Waals surface area contributed by atoms with Gasteiger partial charge in [0.15, 0.2) is 0 Å².